The van der Waals surface area contributed by atoms with E-state index in [-0.39, 0.29) is 4.90 Å². The molecule has 0 aromatic carbocycles. The van der Waals surface area contributed by atoms with Gasteiger partial charge in [0.25, 0.3) is 0 Å². The van der Waals surface area contributed by atoms with Crippen LogP contribution >= 0.6 is 0 Å². The zero-order valence-electron chi connectivity index (χ0n) is 11.5. The molecule has 0 spiro atoms. The molecule has 0 aliphatic heterocycles. The fourth-order valence-electron chi connectivity index (χ4n) is 1.87. The molecule has 8 heteroatoms. The molecule has 0 bridgehead atoms. The van der Waals surface area contributed by atoms with Crippen molar-refractivity contribution in [2.24, 2.45) is 5.14 Å². The van der Waals surface area contributed by atoms with Crippen molar-refractivity contribution in [1.29, 1.82) is 0 Å². The summed E-state index contributed by atoms with van der Waals surface area (Å²) in [6.45, 7) is 5.62. The summed E-state index contributed by atoms with van der Waals surface area (Å²) in [5.74, 6) is 0. The number of aromatic nitrogens is 2. The molecule has 1 rings (SSSR count). The normalized spacial score (nSPS) is 12.0. The third-order valence-electron chi connectivity index (χ3n) is 2.69. The van der Waals surface area contributed by atoms with Crippen LogP contribution in [0.1, 0.15) is 17.8 Å². The van der Waals surface area contributed by atoms with Crippen molar-refractivity contribution in [3.05, 3.63) is 11.4 Å². The fourth-order valence-corrected chi connectivity index (χ4v) is 2.84. The van der Waals surface area contributed by atoms with Crippen molar-refractivity contribution in [3.8, 4) is 0 Å². The van der Waals surface area contributed by atoms with E-state index in [0.29, 0.717) is 37.8 Å². The molecule has 1 aromatic heterocycles. The third kappa shape index (κ3) is 4.57. The molecule has 0 saturated carbocycles. The van der Waals surface area contributed by atoms with E-state index < -0.39 is 10.0 Å². The smallest absolute Gasteiger partial charge is 0.241 e. The van der Waals surface area contributed by atoms with Crippen LogP contribution in [0.5, 0.6) is 0 Å². The molecule has 0 aliphatic rings. The Morgan fingerprint density at radius 1 is 1.26 bits per heavy atom. The molecule has 2 N–H and O–H groups in total. The van der Waals surface area contributed by atoms with Crippen LogP contribution in [0.4, 0.5) is 0 Å². The fraction of sp³-hybridized carbons (Fsp3) is 0.727. The van der Waals surface area contributed by atoms with E-state index in [1.54, 1.807) is 25.6 Å². The van der Waals surface area contributed by atoms with E-state index in [1.165, 1.54) is 0 Å². The van der Waals surface area contributed by atoms with Gasteiger partial charge in [-0.1, -0.05) is 0 Å². The molecule has 0 radical (unpaired) electrons. The Bertz CT molecular complexity index is 510. The minimum absolute atomic E-state index is 0.118. The van der Waals surface area contributed by atoms with Gasteiger partial charge in [0.2, 0.25) is 10.0 Å². The number of aryl methyl sites for hydroxylation is 2. The molecule has 7 nitrogen and oxygen atoms in total. The summed E-state index contributed by atoms with van der Waals surface area (Å²) in [6.07, 6.45) is 0.746. The molecule has 0 amide bonds. The number of sulfonamides is 1. The second-order valence-corrected chi connectivity index (χ2v) is 5.73. The van der Waals surface area contributed by atoms with Gasteiger partial charge < -0.3 is 9.47 Å². The summed E-state index contributed by atoms with van der Waals surface area (Å²) >= 11 is 0. The van der Waals surface area contributed by atoms with Crippen molar-refractivity contribution in [1.82, 2.24) is 9.78 Å². The molecule has 0 atom stereocenters. The second-order valence-electron chi connectivity index (χ2n) is 4.23. The number of ether oxygens (including phenoxy) is 2. The van der Waals surface area contributed by atoms with Gasteiger partial charge in [0, 0.05) is 20.3 Å². The first-order valence-corrected chi connectivity index (χ1v) is 7.56. The van der Waals surface area contributed by atoms with E-state index in [9.17, 15) is 8.42 Å². The van der Waals surface area contributed by atoms with Crippen molar-refractivity contribution >= 4 is 10.0 Å². The standard InChI is InChI=1S/C11H21N3O4S/c1-9-11(19(12,15)16)10(2)14(13-9)5-4-6-18-8-7-17-3/h4-8H2,1-3H3,(H2,12,15,16). The molecule has 0 fully saturated rings. The number of hydrogen-bond acceptors (Lipinski definition) is 5. The number of primary sulfonamides is 1. The van der Waals surface area contributed by atoms with Gasteiger partial charge in [-0.25, -0.2) is 13.6 Å². The lowest BCUT2D eigenvalue weighted by Crippen LogP contribution is -2.14. The number of nitrogens with two attached hydrogens (primary N) is 1. The molecule has 0 aliphatic carbocycles. The Morgan fingerprint density at radius 3 is 2.47 bits per heavy atom. The largest absolute Gasteiger partial charge is 0.382 e. The molecular formula is C11H21N3O4S. The van der Waals surface area contributed by atoms with Gasteiger partial charge in [0.1, 0.15) is 4.90 Å². The van der Waals surface area contributed by atoms with Crippen LogP contribution in [-0.4, -0.2) is 45.1 Å². The Labute approximate surface area is 113 Å². The summed E-state index contributed by atoms with van der Waals surface area (Å²) in [5, 5.41) is 9.35. The van der Waals surface area contributed by atoms with Crippen molar-refractivity contribution in [2.45, 2.75) is 31.7 Å². The quantitative estimate of drug-likeness (QED) is 0.690. The lowest BCUT2D eigenvalue weighted by atomic mass is 10.4. The zero-order valence-corrected chi connectivity index (χ0v) is 12.4. The lowest BCUT2D eigenvalue weighted by Gasteiger charge is -2.06. The van der Waals surface area contributed by atoms with Crippen LogP contribution < -0.4 is 5.14 Å². The van der Waals surface area contributed by atoms with Gasteiger partial charge in [0.15, 0.2) is 0 Å². The Kier molecular flexibility index (Phi) is 5.92. The summed E-state index contributed by atoms with van der Waals surface area (Å²) in [6, 6.07) is 0. The molecule has 0 saturated heterocycles. The first-order valence-electron chi connectivity index (χ1n) is 6.01. The van der Waals surface area contributed by atoms with Crippen LogP contribution in [0.3, 0.4) is 0 Å². The molecule has 1 heterocycles. The average molecular weight is 291 g/mol. The van der Waals surface area contributed by atoms with E-state index >= 15 is 0 Å². The van der Waals surface area contributed by atoms with Crippen LogP contribution in [0, 0.1) is 13.8 Å². The van der Waals surface area contributed by atoms with Crippen molar-refractivity contribution < 1.29 is 17.9 Å². The first-order chi connectivity index (χ1) is 8.88. The predicted molar refractivity (Wildman–Crippen MR) is 70.4 cm³/mol. The maximum Gasteiger partial charge on any atom is 0.241 e. The maximum atomic E-state index is 11.4. The van der Waals surface area contributed by atoms with Crippen LogP contribution in [0.2, 0.25) is 0 Å². The molecule has 19 heavy (non-hydrogen) atoms. The Morgan fingerprint density at radius 2 is 1.95 bits per heavy atom. The van der Waals surface area contributed by atoms with E-state index in [2.05, 4.69) is 5.10 Å². The predicted octanol–water partition coefficient (Wildman–Crippen LogP) is 0.200. The summed E-state index contributed by atoms with van der Waals surface area (Å²) in [4.78, 5) is 0.118. The maximum absolute atomic E-state index is 11.4. The number of nitrogens with zero attached hydrogens (tertiary/aromatic N) is 2. The first kappa shape index (κ1) is 16.1. The number of hydrogen-bond donors (Lipinski definition) is 1. The van der Waals surface area contributed by atoms with Gasteiger partial charge in [-0.3, -0.25) is 4.68 Å². The highest BCUT2D eigenvalue weighted by Gasteiger charge is 2.20. The Hall–Kier alpha value is -0.960. The van der Waals surface area contributed by atoms with E-state index in [4.69, 9.17) is 14.6 Å². The Balaban J connectivity index is 2.57. The van der Waals surface area contributed by atoms with E-state index in [1.807, 2.05) is 0 Å². The average Bonchev–Trinajstić information content (AvgIpc) is 2.58. The molecule has 1 aromatic rings. The van der Waals surface area contributed by atoms with Crippen LogP contribution in [0.25, 0.3) is 0 Å². The highest BCUT2D eigenvalue weighted by atomic mass is 32.2. The van der Waals surface area contributed by atoms with Gasteiger partial charge in [-0.2, -0.15) is 5.10 Å². The van der Waals surface area contributed by atoms with Crippen molar-refractivity contribution in [2.75, 3.05) is 26.9 Å². The summed E-state index contributed by atoms with van der Waals surface area (Å²) in [7, 11) is -2.10. The summed E-state index contributed by atoms with van der Waals surface area (Å²) in [5.41, 5.74) is 0.997. The minimum atomic E-state index is -3.72. The number of rotatable bonds is 8. The monoisotopic (exact) mass is 291 g/mol. The van der Waals surface area contributed by atoms with E-state index in [0.717, 1.165) is 6.42 Å². The summed E-state index contributed by atoms with van der Waals surface area (Å²) < 4.78 is 34.7. The van der Waals surface area contributed by atoms with Crippen LogP contribution in [-0.2, 0) is 26.0 Å². The van der Waals surface area contributed by atoms with Gasteiger partial charge >= 0.3 is 0 Å². The SMILES string of the molecule is COCCOCCCn1nc(C)c(S(N)(=O)=O)c1C. The highest BCUT2D eigenvalue weighted by molar-refractivity contribution is 7.89. The second kappa shape index (κ2) is 6.99. The lowest BCUT2D eigenvalue weighted by molar-refractivity contribution is 0.0676. The zero-order chi connectivity index (χ0) is 14.5. The van der Waals surface area contributed by atoms with Gasteiger partial charge in [0.05, 0.1) is 24.6 Å². The van der Waals surface area contributed by atoms with Gasteiger partial charge in [-0.05, 0) is 20.3 Å². The molecule has 0 unspecified atom stereocenters. The minimum Gasteiger partial charge on any atom is -0.382 e. The molecule has 110 valence electrons. The van der Waals surface area contributed by atoms with Crippen molar-refractivity contribution in [3.63, 3.8) is 0 Å². The van der Waals surface area contributed by atoms with Gasteiger partial charge in [-0.15, -0.1) is 0 Å². The highest BCUT2D eigenvalue weighted by Crippen LogP contribution is 2.17. The molecular weight excluding hydrogens is 270 g/mol. The topological polar surface area (TPSA) is 96.4 Å². The third-order valence-corrected chi connectivity index (χ3v) is 3.85. The number of methoxy groups -OCH3 is 1. The van der Waals surface area contributed by atoms with Crippen LogP contribution in [0.15, 0.2) is 4.90 Å².